The molecule has 1 atom stereocenters. The molecule has 3 rings (SSSR count). The minimum atomic E-state index is 0.116. The Morgan fingerprint density at radius 3 is 2.62 bits per heavy atom. The smallest absolute Gasteiger partial charge is 0.224 e. The highest BCUT2D eigenvalue weighted by Gasteiger charge is 2.31. The molecule has 1 aromatic carbocycles. The van der Waals surface area contributed by atoms with Gasteiger partial charge in [-0.05, 0) is 57.3 Å². The van der Waals surface area contributed by atoms with Crippen LogP contribution in [0.5, 0.6) is 0 Å². The fourth-order valence-electron chi connectivity index (χ4n) is 4.27. The molecule has 0 unspecified atom stereocenters. The first-order valence-electron chi connectivity index (χ1n) is 10.1. The summed E-state index contributed by atoms with van der Waals surface area (Å²) in [4.78, 5) is 17.4. The van der Waals surface area contributed by atoms with Crippen LogP contribution in [0.4, 0.5) is 0 Å². The third-order valence-corrected chi connectivity index (χ3v) is 5.78. The summed E-state index contributed by atoms with van der Waals surface area (Å²) in [5, 5.41) is 11.8. The van der Waals surface area contributed by atoms with Gasteiger partial charge >= 0.3 is 0 Å². The van der Waals surface area contributed by atoms with Gasteiger partial charge in [0.25, 0.3) is 0 Å². The number of likely N-dealkylation sites (tertiary alicyclic amines) is 2. The molecule has 1 amide bonds. The van der Waals surface area contributed by atoms with E-state index in [-0.39, 0.29) is 18.4 Å². The van der Waals surface area contributed by atoms with Crippen molar-refractivity contribution < 1.29 is 9.90 Å². The molecule has 2 aliphatic rings. The zero-order valence-electron chi connectivity index (χ0n) is 15.8. The highest BCUT2D eigenvalue weighted by molar-refractivity contribution is 5.78. The maximum Gasteiger partial charge on any atom is 0.224 e. The van der Waals surface area contributed by atoms with Crippen LogP contribution >= 0.6 is 0 Å². The Hall–Kier alpha value is -1.43. The van der Waals surface area contributed by atoms with Gasteiger partial charge in [0, 0.05) is 32.3 Å². The largest absolute Gasteiger partial charge is 0.396 e. The maximum atomic E-state index is 12.3. The Balaban J connectivity index is 1.43. The average molecular weight is 360 g/mol. The van der Waals surface area contributed by atoms with Crippen molar-refractivity contribution in [2.45, 2.75) is 44.7 Å². The molecular formula is C21H33N3O2. The molecule has 1 aromatic rings. The number of rotatable bonds is 7. The lowest BCUT2D eigenvalue weighted by molar-refractivity contribution is -0.127. The number of nitrogens with zero attached hydrogens (tertiary/aromatic N) is 2. The van der Waals surface area contributed by atoms with Crippen molar-refractivity contribution in [3.8, 4) is 0 Å². The van der Waals surface area contributed by atoms with E-state index in [0.717, 1.165) is 45.6 Å². The topological polar surface area (TPSA) is 55.8 Å². The van der Waals surface area contributed by atoms with E-state index in [0.29, 0.717) is 19.0 Å². The lowest BCUT2D eigenvalue weighted by Crippen LogP contribution is -2.50. The molecule has 26 heavy (non-hydrogen) atoms. The lowest BCUT2D eigenvalue weighted by atomic mass is 9.93. The molecule has 0 spiro atoms. The predicted molar refractivity (Wildman–Crippen MR) is 104 cm³/mol. The van der Waals surface area contributed by atoms with E-state index in [9.17, 15) is 4.79 Å². The van der Waals surface area contributed by atoms with Crippen molar-refractivity contribution >= 4 is 5.91 Å². The normalized spacial score (nSPS) is 23.0. The first kappa shape index (κ1) is 19.3. The summed E-state index contributed by atoms with van der Waals surface area (Å²) in [6, 6.07) is 11.3. The van der Waals surface area contributed by atoms with Crippen LogP contribution in [0.1, 0.15) is 37.7 Å². The van der Waals surface area contributed by atoms with Crippen molar-refractivity contribution in [3.63, 3.8) is 0 Å². The Labute approximate surface area is 157 Å². The highest BCUT2D eigenvalue weighted by atomic mass is 16.3. The number of nitrogens with one attached hydrogen (secondary N) is 1. The van der Waals surface area contributed by atoms with Crippen LogP contribution in [0.15, 0.2) is 30.3 Å². The van der Waals surface area contributed by atoms with E-state index >= 15 is 0 Å². The van der Waals surface area contributed by atoms with Crippen LogP contribution in [0.2, 0.25) is 0 Å². The fraction of sp³-hybridized carbons (Fsp3) is 0.667. The fourth-order valence-corrected chi connectivity index (χ4v) is 4.27. The molecule has 0 saturated carbocycles. The van der Waals surface area contributed by atoms with Gasteiger partial charge in [-0.25, -0.2) is 0 Å². The highest BCUT2D eigenvalue weighted by Crippen LogP contribution is 2.24. The van der Waals surface area contributed by atoms with Gasteiger partial charge in [0.15, 0.2) is 0 Å². The number of carbonyl (C=O) groups excluding carboxylic acids is 1. The summed E-state index contributed by atoms with van der Waals surface area (Å²) in [6.07, 6.45) is 5.15. The minimum Gasteiger partial charge on any atom is -0.396 e. The quantitative estimate of drug-likeness (QED) is 0.730. The van der Waals surface area contributed by atoms with Crippen LogP contribution in [-0.2, 0) is 11.3 Å². The molecular weight excluding hydrogens is 326 g/mol. The lowest BCUT2D eigenvalue weighted by Gasteiger charge is -2.42. The number of aliphatic hydroxyl groups excluding tert-OH is 1. The van der Waals surface area contributed by atoms with Crippen molar-refractivity contribution in [1.29, 1.82) is 0 Å². The van der Waals surface area contributed by atoms with Gasteiger partial charge in [0.2, 0.25) is 5.91 Å². The van der Waals surface area contributed by atoms with E-state index in [1.807, 2.05) is 0 Å². The number of benzene rings is 1. The van der Waals surface area contributed by atoms with Crippen molar-refractivity contribution in [2.24, 2.45) is 5.92 Å². The standard InChI is InChI=1S/C21H33N3O2/c25-15-5-11-22-21(26)19-8-4-12-24(17-19)20-9-13-23(14-10-20)16-18-6-2-1-3-7-18/h1-3,6-7,19-20,25H,4-5,8-17H2,(H,22,26)/t19-/m1/s1. The van der Waals surface area contributed by atoms with Gasteiger partial charge < -0.3 is 10.4 Å². The van der Waals surface area contributed by atoms with E-state index < -0.39 is 0 Å². The third kappa shape index (κ3) is 5.53. The zero-order valence-corrected chi connectivity index (χ0v) is 15.8. The van der Waals surface area contributed by atoms with Crippen LogP contribution in [-0.4, -0.2) is 66.2 Å². The van der Waals surface area contributed by atoms with Crippen molar-refractivity contribution in [3.05, 3.63) is 35.9 Å². The van der Waals surface area contributed by atoms with Gasteiger partial charge in [-0.1, -0.05) is 30.3 Å². The number of hydrogen-bond donors (Lipinski definition) is 2. The van der Waals surface area contributed by atoms with E-state index in [2.05, 4.69) is 45.4 Å². The molecule has 0 aromatic heterocycles. The molecule has 5 heteroatoms. The summed E-state index contributed by atoms with van der Waals surface area (Å²) in [5.74, 6) is 0.287. The number of carbonyl (C=O) groups is 1. The Kier molecular flexibility index (Phi) is 7.47. The minimum absolute atomic E-state index is 0.116. The monoisotopic (exact) mass is 359 g/mol. The van der Waals surface area contributed by atoms with Crippen molar-refractivity contribution in [2.75, 3.05) is 39.3 Å². The number of piperidine rings is 2. The second-order valence-electron chi connectivity index (χ2n) is 7.70. The molecule has 0 bridgehead atoms. The number of amides is 1. The van der Waals surface area contributed by atoms with Crippen molar-refractivity contribution in [1.82, 2.24) is 15.1 Å². The van der Waals surface area contributed by atoms with Gasteiger partial charge in [-0.2, -0.15) is 0 Å². The Bertz CT molecular complexity index is 543. The molecule has 0 radical (unpaired) electrons. The van der Waals surface area contributed by atoms with Crippen LogP contribution in [0.25, 0.3) is 0 Å². The maximum absolute atomic E-state index is 12.3. The predicted octanol–water partition coefficient (Wildman–Crippen LogP) is 1.86. The number of aliphatic hydroxyl groups is 1. The van der Waals surface area contributed by atoms with Crippen LogP contribution in [0, 0.1) is 5.92 Å². The van der Waals surface area contributed by atoms with Gasteiger partial charge in [-0.15, -0.1) is 0 Å². The molecule has 2 fully saturated rings. The van der Waals surface area contributed by atoms with E-state index in [4.69, 9.17) is 5.11 Å². The van der Waals surface area contributed by atoms with Gasteiger partial charge in [0.1, 0.15) is 0 Å². The molecule has 0 aliphatic carbocycles. The summed E-state index contributed by atoms with van der Waals surface area (Å²) < 4.78 is 0. The molecule has 5 nitrogen and oxygen atoms in total. The second kappa shape index (κ2) is 10.0. The van der Waals surface area contributed by atoms with Crippen LogP contribution in [0.3, 0.4) is 0 Å². The Morgan fingerprint density at radius 2 is 1.88 bits per heavy atom. The molecule has 2 aliphatic heterocycles. The van der Waals surface area contributed by atoms with E-state index in [1.54, 1.807) is 0 Å². The molecule has 2 N–H and O–H groups in total. The van der Waals surface area contributed by atoms with E-state index in [1.165, 1.54) is 18.4 Å². The average Bonchev–Trinajstić information content (AvgIpc) is 2.69. The first-order valence-corrected chi connectivity index (χ1v) is 10.1. The number of hydrogen-bond acceptors (Lipinski definition) is 4. The SMILES string of the molecule is O=C(NCCCO)[C@@H]1CCCN(C2CCN(Cc3ccccc3)CC2)C1. The summed E-state index contributed by atoms with van der Waals surface area (Å²) in [5.41, 5.74) is 1.39. The second-order valence-corrected chi connectivity index (χ2v) is 7.70. The molecule has 2 saturated heterocycles. The summed E-state index contributed by atoms with van der Waals surface area (Å²) in [7, 11) is 0. The summed E-state index contributed by atoms with van der Waals surface area (Å²) in [6.45, 7) is 6.08. The Morgan fingerprint density at radius 1 is 1.12 bits per heavy atom. The summed E-state index contributed by atoms with van der Waals surface area (Å²) >= 11 is 0. The van der Waals surface area contributed by atoms with Crippen LogP contribution < -0.4 is 5.32 Å². The molecule has 144 valence electrons. The molecule has 2 heterocycles. The zero-order chi connectivity index (χ0) is 18.2. The first-order chi connectivity index (χ1) is 12.8. The van der Waals surface area contributed by atoms with Gasteiger partial charge in [0.05, 0.1) is 5.92 Å². The third-order valence-electron chi connectivity index (χ3n) is 5.78. The van der Waals surface area contributed by atoms with Gasteiger partial charge in [-0.3, -0.25) is 14.6 Å².